The summed E-state index contributed by atoms with van der Waals surface area (Å²) in [4.78, 5) is 13.6. The second-order valence-electron chi connectivity index (χ2n) is 5.20. The number of carbonyl (C=O) groups is 1. The quantitative estimate of drug-likeness (QED) is 0.831. The van der Waals surface area contributed by atoms with Crippen molar-refractivity contribution in [2.45, 2.75) is 20.0 Å². The fourth-order valence-corrected chi connectivity index (χ4v) is 2.84. The molecule has 0 radical (unpaired) electrons. The smallest absolute Gasteiger partial charge is 0.255 e. The van der Waals surface area contributed by atoms with Gasteiger partial charge < -0.3 is 15.1 Å². The number of fused-ring (bicyclic) bond motifs is 1. The van der Waals surface area contributed by atoms with Crippen LogP contribution >= 0.6 is 11.3 Å². The van der Waals surface area contributed by atoms with Gasteiger partial charge in [0.25, 0.3) is 11.0 Å². The lowest BCUT2D eigenvalue weighted by atomic mass is 10.0. The summed E-state index contributed by atoms with van der Waals surface area (Å²) in [5.41, 5.74) is 1.27. The van der Waals surface area contributed by atoms with Gasteiger partial charge in [0.05, 0.1) is 5.69 Å². The predicted octanol–water partition coefficient (Wildman–Crippen LogP) is 2.71. The normalized spacial score (nSPS) is 14.9. The lowest BCUT2D eigenvalue weighted by Gasteiger charge is -2.28. The summed E-state index contributed by atoms with van der Waals surface area (Å²) in [7, 11) is 0. The summed E-state index contributed by atoms with van der Waals surface area (Å²) in [6.07, 6.45) is 2.28. The number of anilines is 1. The van der Waals surface area contributed by atoms with Crippen LogP contribution in [0.1, 0.15) is 17.5 Å². The van der Waals surface area contributed by atoms with Crippen molar-refractivity contribution in [2.75, 3.05) is 11.4 Å². The van der Waals surface area contributed by atoms with E-state index >= 15 is 0 Å². The molecule has 3 rings (SSSR count). The Kier molecular flexibility index (Phi) is 4.36. The molecule has 24 heavy (non-hydrogen) atoms. The number of amides is 1. The molecule has 1 aliphatic heterocycles. The van der Waals surface area contributed by atoms with Gasteiger partial charge >= 0.3 is 0 Å². The average molecular weight is 345 g/mol. The molecule has 124 valence electrons. The van der Waals surface area contributed by atoms with Crippen molar-refractivity contribution in [1.82, 2.24) is 10.2 Å². The van der Waals surface area contributed by atoms with Crippen LogP contribution in [0.3, 0.4) is 0 Å². The second kappa shape index (κ2) is 6.46. The van der Waals surface area contributed by atoms with E-state index in [1.54, 1.807) is 18.2 Å². The van der Waals surface area contributed by atoms with Crippen LogP contribution in [0.15, 0.2) is 28.4 Å². The Morgan fingerprint density at radius 2 is 2.17 bits per heavy atom. The van der Waals surface area contributed by atoms with Crippen molar-refractivity contribution in [2.24, 2.45) is 10.2 Å². The number of aliphatic hydroxyl groups is 1. The minimum atomic E-state index is -1.16. The van der Waals surface area contributed by atoms with Gasteiger partial charge in [-0.1, -0.05) is 23.5 Å². The Bertz CT molecular complexity index is 844. The van der Waals surface area contributed by atoms with E-state index in [4.69, 9.17) is 0 Å². The number of hydrogen-bond donors (Lipinski definition) is 2. The molecule has 1 aromatic heterocycles. The highest BCUT2D eigenvalue weighted by atomic mass is 32.1. The first-order valence-corrected chi connectivity index (χ1v) is 8.03. The zero-order valence-electron chi connectivity index (χ0n) is 13.0. The molecule has 0 saturated carbocycles. The number of azo groups is 1. The van der Waals surface area contributed by atoms with E-state index in [9.17, 15) is 15.0 Å². The SMILES string of the molecule is Cc1nnc(/N=N/c2ccc(O)c3c2N(C(=O)C(C)O)CC=C3)s1. The maximum atomic E-state index is 12.3. The largest absolute Gasteiger partial charge is 0.507 e. The van der Waals surface area contributed by atoms with Crippen LogP contribution in [0.2, 0.25) is 0 Å². The van der Waals surface area contributed by atoms with Crippen molar-refractivity contribution in [3.8, 4) is 5.75 Å². The zero-order chi connectivity index (χ0) is 17.3. The molecule has 1 atom stereocenters. The first-order valence-electron chi connectivity index (χ1n) is 7.21. The van der Waals surface area contributed by atoms with Crippen molar-refractivity contribution < 1.29 is 15.0 Å². The second-order valence-corrected chi connectivity index (χ2v) is 6.36. The van der Waals surface area contributed by atoms with Crippen LogP contribution in [0.4, 0.5) is 16.5 Å². The van der Waals surface area contributed by atoms with Gasteiger partial charge in [-0.05, 0) is 26.0 Å². The van der Waals surface area contributed by atoms with Gasteiger partial charge in [-0.25, -0.2) is 0 Å². The van der Waals surface area contributed by atoms with E-state index in [0.29, 0.717) is 22.1 Å². The third-order valence-corrected chi connectivity index (χ3v) is 4.12. The van der Waals surface area contributed by atoms with Crippen molar-refractivity contribution in [1.29, 1.82) is 0 Å². The third kappa shape index (κ3) is 3.03. The highest BCUT2D eigenvalue weighted by Crippen LogP contribution is 2.41. The van der Waals surface area contributed by atoms with E-state index in [1.165, 1.54) is 29.2 Å². The number of phenols is 1. The minimum absolute atomic E-state index is 0.0232. The molecule has 0 fully saturated rings. The summed E-state index contributed by atoms with van der Waals surface area (Å²) < 4.78 is 0. The highest BCUT2D eigenvalue weighted by molar-refractivity contribution is 7.14. The van der Waals surface area contributed by atoms with Gasteiger partial charge in [0.1, 0.15) is 22.5 Å². The van der Waals surface area contributed by atoms with Gasteiger partial charge in [0.15, 0.2) is 0 Å². The monoisotopic (exact) mass is 345 g/mol. The van der Waals surface area contributed by atoms with Crippen LogP contribution in [-0.2, 0) is 4.79 Å². The first kappa shape index (κ1) is 16.2. The maximum absolute atomic E-state index is 12.3. The van der Waals surface area contributed by atoms with Gasteiger partial charge in [0, 0.05) is 12.1 Å². The number of rotatable bonds is 3. The van der Waals surface area contributed by atoms with Gasteiger partial charge in [-0.2, -0.15) is 0 Å². The highest BCUT2D eigenvalue weighted by Gasteiger charge is 2.27. The van der Waals surface area contributed by atoms with Crippen molar-refractivity contribution in [3.05, 3.63) is 28.8 Å². The number of carbonyl (C=O) groups excluding carboxylic acids is 1. The lowest BCUT2D eigenvalue weighted by molar-refractivity contribution is -0.125. The van der Waals surface area contributed by atoms with Gasteiger partial charge in [-0.3, -0.25) is 4.79 Å². The van der Waals surface area contributed by atoms with Gasteiger partial charge in [0.2, 0.25) is 0 Å². The van der Waals surface area contributed by atoms with Crippen LogP contribution in [0, 0.1) is 6.92 Å². The topological polar surface area (TPSA) is 111 Å². The van der Waals surface area contributed by atoms with Crippen molar-refractivity contribution >= 4 is 39.8 Å². The van der Waals surface area contributed by atoms with Crippen LogP contribution in [0.5, 0.6) is 5.75 Å². The molecular formula is C15H15N5O3S. The van der Waals surface area contributed by atoms with Crippen LogP contribution in [0.25, 0.3) is 6.08 Å². The summed E-state index contributed by atoms with van der Waals surface area (Å²) in [6, 6.07) is 3.05. The third-order valence-electron chi connectivity index (χ3n) is 3.40. The summed E-state index contributed by atoms with van der Waals surface area (Å²) in [5, 5.41) is 36.8. The van der Waals surface area contributed by atoms with Crippen molar-refractivity contribution in [3.63, 3.8) is 0 Å². The number of aliphatic hydroxyl groups excluding tert-OH is 1. The number of phenolic OH excluding ortho intramolecular Hbond substituents is 1. The van der Waals surface area contributed by atoms with Crippen LogP contribution in [-0.4, -0.2) is 39.0 Å². The maximum Gasteiger partial charge on any atom is 0.255 e. The molecule has 0 spiro atoms. The molecule has 1 unspecified atom stereocenters. The fraction of sp³-hybridized carbons (Fsp3) is 0.267. The standard InChI is InChI=1S/C15H15N5O3S/c1-8(21)14(23)20-7-3-4-10-12(22)6-5-11(13(10)20)17-19-15-18-16-9(2)24-15/h3-6,8,21-22H,7H2,1-2H3/b19-17+. The Hall–Kier alpha value is -2.65. The summed E-state index contributed by atoms with van der Waals surface area (Å²) >= 11 is 1.29. The molecule has 0 bridgehead atoms. The van der Waals surface area contributed by atoms with Gasteiger partial charge in [-0.15, -0.1) is 20.4 Å². The molecule has 9 heteroatoms. The fourth-order valence-electron chi connectivity index (χ4n) is 2.33. The number of hydrogen-bond acceptors (Lipinski definition) is 8. The molecule has 2 aromatic rings. The first-order chi connectivity index (χ1) is 11.5. The van der Waals surface area contributed by atoms with Crippen LogP contribution < -0.4 is 4.90 Å². The number of benzene rings is 1. The Morgan fingerprint density at radius 1 is 1.38 bits per heavy atom. The predicted molar refractivity (Wildman–Crippen MR) is 90.0 cm³/mol. The molecule has 8 nitrogen and oxygen atoms in total. The summed E-state index contributed by atoms with van der Waals surface area (Å²) in [6.45, 7) is 3.49. The molecule has 1 amide bonds. The molecular weight excluding hydrogens is 330 g/mol. The number of aromatic hydroxyl groups is 1. The Balaban J connectivity index is 2.06. The number of nitrogens with zero attached hydrogens (tertiary/aromatic N) is 5. The minimum Gasteiger partial charge on any atom is -0.507 e. The number of aryl methyl sites for hydroxylation is 1. The average Bonchev–Trinajstić information content (AvgIpc) is 2.98. The van der Waals surface area contributed by atoms with E-state index in [2.05, 4.69) is 20.4 Å². The molecule has 0 saturated heterocycles. The summed E-state index contributed by atoms with van der Waals surface area (Å²) in [5.74, 6) is -0.454. The molecule has 1 aromatic carbocycles. The lowest BCUT2D eigenvalue weighted by Crippen LogP contribution is -2.39. The molecule has 2 N–H and O–H groups in total. The molecule has 1 aliphatic rings. The van der Waals surface area contributed by atoms with E-state index in [-0.39, 0.29) is 12.3 Å². The van der Waals surface area contributed by atoms with E-state index in [0.717, 1.165) is 5.01 Å². The molecule has 0 aliphatic carbocycles. The Labute approximate surface area is 141 Å². The van der Waals surface area contributed by atoms with E-state index < -0.39 is 12.0 Å². The van der Waals surface area contributed by atoms with E-state index in [1.807, 2.05) is 6.92 Å². The Morgan fingerprint density at radius 3 is 2.83 bits per heavy atom. The molecule has 2 heterocycles. The number of aromatic nitrogens is 2. The zero-order valence-corrected chi connectivity index (χ0v) is 13.9.